The molecule has 3 aromatic rings. The van der Waals surface area contributed by atoms with Crippen LogP contribution in [0.5, 0.6) is 11.5 Å². The molecule has 218 valence electrons. The predicted octanol–water partition coefficient (Wildman–Crippen LogP) is 4.13. The molecule has 0 saturated heterocycles. The first-order chi connectivity index (χ1) is 19.7. The fraction of sp³-hybridized carbons (Fsp3) is 0.355. The standard InChI is InChI=1S/C31H37N3O6S/c1-4-23(3)32-31(36)27(18-24-12-8-6-9-13-24)33(20-25-14-10-7-11-15-25)30(35)21-34(41(37,38)5-2)26-16-17-28-29(19-26)40-22-39-28/h6-17,19,23,27H,4-5,18,20-22H2,1-3H3,(H,32,36)/t23-,27+/m0/s1. The Bertz CT molecular complexity index is 1430. The second-order valence-electron chi connectivity index (χ2n) is 9.98. The molecule has 0 aromatic heterocycles. The average Bonchev–Trinajstić information content (AvgIpc) is 3.46. The van der Waals surface area contributed by atoms with Crippen molar-refractivity contribution in [3.05, 3.63) is 90.0 Å². The molecule has 1 aliphatic rings. The molecule has 1 heterocycles. The van der Waals surface area contributed by atoms with Crippen LogP contribution in [0.3, 0.4) is 0 Å². The Morgan fingerprint density at radius 1 is 0.902 bits per heavy atom. The minimum absolute atomic E-state index is 0.0373. The van der Waals surface area contributed by atoms with E-state index in [1.54, 1.807) is 18.2 Å². The molecule has 4 rings (SSSR count). The van der Waals surface area contributed by atoms with Crippen LogP contribution in [0.4, 0.5) is 5.69 Å². The van der Waals surface area contributed by atoms with E-state index in [0.717, 1.165) is 21.9 Å². The highest BCUT2D eigenvalue weighted by molar-refractivity contribution is 7.92. The van der Waals surface area contributed by atoms with Gasteiger partial charge >= 0.3 is 0 Å². The van der Waals surface area contributed by atoms with Crippen LogP contribution < -0.4 is 19.1 Å². The third kappa shape index (κ3) is 7.58. The van der Waals surface area contributed by atoms with Gasteiger partial charge in [0.1, 0.15) is 12.6 Å². The zero-order valence-electron chi connectivity index (χ0n) is 23.7. The Morgan fingerprint density at radius 2 is 1.54 bits per heavy atom. The molecule has 9 nitrogen and oxygen atoms in total. The van der Waals surface area contributed by atoms with E-state index >= 15 is 0 Å². The Hall–Kier alpha value is -4.05. The van der Waals surface area contributed by atoms with Crippen LogP contribution in [-0.2, 0) is 32.6 Å². The molecule has 0 fully saturated rings. The van der Waals surface area contributed by atoms with Crippen LogP contribution in [0.2, 0.25) is 0 Å². The highest BCUT2D eigenvalue weighted by Crippen LogP contribution is 2.36. The molecular weight excluding hydrogens is 542 g/mol. The number of sulfonamides is 1. The van der Waals surface area contributed by atoms with E-state index in [4.69, 9.17) is 9.47 Å². The number of nitrogens with one attached hydrogen (secondary N) is 1. The summed E-state index contributed by atoms with van der Waals surface area (Å²) in [6, 6.07) is 22.7. The zero-order valence-corrected chi connectivity index (χ0v) is 24.5. The molecule has 0 radical (unpaired) electrons. The van der Waals surface area contributed by atoms with Crippen molar-refractivity contribution in [3.63, 3.8) is 0 Å². The Balaban J connectivity index is 1.73. The largest absolute Gasteiger partial charge is 0.454 e. The number of carbonyl (C=O) groups excluding carboxylic acids is 2. The first kappa shape index (κ1) is 29.9. The molecule has 3 aromatic carbocycles. The minimum Gasteiger partial charge on any atom is -0.454 e. The van der Waals surface area contributed by atoms with Crippen molar-refractivity contribution in [1.82, 2.24) is 10.2 Å². The summed E-state index contributed by atoms with van der Waals surface area (Å²) in [4.78, 5) is 29.4. The quantitative estimate of drug-likeness (QED) is 0.327. The molecular formula is C31H37N3O6S. The second kappa shape index (κ2) is 13.5. The van der Waals surface area contributed by atoms with Crippen LogP contribution in [0.1, 0.15) is 38.3 Å². The molecule has 0 unspecified atom stereocenters. The van der Waals surface area contributed by atoms with Gasteiger partial charge < -0.3 is 19.7 Å². The van der Waals surface area contributed by atoms with Crippen molar-refractivity contribution in [1.29, 1.82) is 0 Å². The Kier molecular flexibility index (Phi) is 9.88. The minimum atomic E-state index is -3.87. The summed E-state index contributed by atoms with van der Waals surface area (Å²) in [6.45, 7) is 5.10. The summed E-state index contributed by atoms with van der Waals surface area (Å²) < 4.78 is 38.5. The van der Waals surface area contributed by atoms with Crippen molar-refractivity contribution >= 4 is 27.5 Å². The molecule has 2 amide bonds. The molecule has 0 spiro atoms. The van der Waals surface area contributed by atoms with E-state index < -0.39 is 28.5 Å². The summed E-state index contributed by atoms with van der Waals surface area (Å²) in [5, 5.41) is 3.03. The maximum absolute atomic E-state index is 14.2. The Morgan fingerprint density at radius 3 is 2.17 bits per heavy atom. The number of carbonyl (C=O) groups is 2. The highest BCUT2D eigenvalue weighted by Gasteiger charge is 2.34. The fourth-order valence-corrected chi connectivity index (χ4v) is 5.59. The van der Waals surface area contributed by atoms with Gasteiger partial charge in [-0.2, -0.15) is 0 Å². The maximum Gasteiger partial charge on any atom is 0.244 e. The molecule has 10 heteroatoms. The predicted molar refractivity (Wildman–Crippen MR) is 158 cm³/mol. The fourth-order valence-electron chi connectivity index (χ4n) is 4.54. The molecule has 0 aliphatic carbocycles. The van der Waals surface area contributed by atoms with Crippen LogP contribution in [0.15, 0.2) is 78.9 Å². The molecule has 1 aliphatic heterocycles. The highest BCUT2D eigenvalue weighted by atomic mass is 32.2. The van der Waals surface area contributed by atoms with Gasteiger partial charge in [-0.3, -0.25) is 13.9 Å². The van der Waals surface area contributed by atoms with E-state index in [1.807, 2.05) is 74.5 Å². The number of ether oxygens (including phenoxy) is 2. The van der Waals surface area contributed by atoms with Crippen molar-refractivity contribution < 1.29 is 27.5 Å². The number of hydrogen-bond donors (Lipinski definition) is 1. The second-order valence-corrected chi connectivity index (χ2v) is 12.2. The van der Waals surface area contributed by atoms with E-state index in [0.29, 0.717) is 11.5 Å². The lowest BCUT2D eigenvalue weighted by molar-refractivity contribution is -0.140. The van der Waals surface area contributed by atoms with Gasteiger partial charge in [-0.1, -0.05) is 67.6 Å². The summed E-state index contributed by atoms with van der Waals surface area (Å²) >= 11 is 0. The van der Waals surface area contributed by atoms with Crippen molar-refractivity contribution in [2.75, 3.05) is 23.4 Å². The van der Waals surface area contributed by atoms with Crippen molar-refractivity contribution in [2.45, 2.75) is 52.2 Å². The smallest absolute Gasteiger partial charge is 0.244 e. The molecule has 0 saturated carbocycles. The maximum atomic E-state index is 14.2. The van der Waals surface area contributed by atoms with Gasteiger partial charge in [0.15, 0.2) is 11.5 Å². The first-order valence-corrected chi connectivity index (χ1v) is 15.4. The number of nitrogens with zero attached hydrogens (tertiary/aromatic N) is 2. The van der Waals surface area contributed by atoms with Gasteiger partial charge in [0.2, 0.25) is 28.6 Å². The summed E-state index contributed by atoms with van der Waals surface area (Å²) in [7, 11) is -3.87. The van der Waals surface area contributed by atoms with Gasteiger partial charge in [-0.15, -0.1) is 0 Å². The number of benzene rings is 3. The van der Waals surface area contributed by atoms with E-state index in [2.05, 4.69) is 5.32 Å². The van der Waals surface area contributed by atoms with Gasteiger partial charge in [0.25, 0.3) is 0 Å². The summed E-state index contributed by atoms with van der Waals surface area (Å²) in [5.41, 5.74) is 1.99. The topological polar surface area (TPSA) is 105 Å². The van der Waals surface area contributed by atoms with Crippen molar-refractivity contribution in [2.24, 2.45) is 0 Å². The zero-order chi connectivity index (χ0) is 29.4. The lowest BCUT2D eigenvalue weighted by atomic mass is 10.0. The van der Waals surface area contributed by atoms with Gasteiger partial charge in [0, 0.05) is 25.1 Å². The molecule has 41 heavy (non-hydrogen) atoms. The average molecular weight is 580 g/mol. The number of hydrogen-bond acceptors (Lipinski definition) is 6. The molecule has 0 bridgehead atoms. The lowest BCUT2D eigenvalue weighted by Gasteiger charge is -2.34. The van der Waals surface area contributed by atoms with E-state index in [-0.39, 0.29) is 43.1 Å². The van der Waals surface area contributed by atoms with Crippen LogP contribution in [0, 0.1) is 0 Å². The summed E-state index contributed by atoms with van der Waals surface area (Å²) in [6.07, 6.45) is 0.995. The third-order valence-electron chi connectivity index (χ3n) is 7.09. The number of rotatable bonds is 13. The van der Waals surface area contributed by atoms with Crippen LogP contribution in [-0.4, -0.2) is 56.3 Å². The van der Waals surface area contributed by atoms with Crippen LogP contribution in [0.25, 0.3) is 0 Å². The van der Waals surface area contributed by atoms with E-state index in [9.17, 15) is 18.0 Å². The third-order valence-corrected chi connectivity index (χ3v) is 8.83. The SMILES string of the molecule is CC[C@H](C)NC(=O)[C@@H](Cc1ccccc1)N(Cc1ccccc1)C(=O)CN(c1ccc2c(c1)OCO2)S(=O)(=O)CC. The number of fused-ring (bicyclic) bond motifs is 1. The summed E-state index contributed by atoms with van der Waals surface area (Å²) in [5.74, 6) is -0.0918. The van der Waals surface area contributed by atoms with Gasteiger partial charge in [-0.05, 0) is 43.5 Å². The molecule has 2 atom stereocenters. The number of anilines is 1. The number of amides is 2. The Labute approximate surface area is 242 Å². The first-order valence-electron chi connectivity index (χ1n) is 13.8. The van der Waals surface area contributed by atoms with E-state index in [1.165, 1.54) is 11.8 Å². The van der Waals surface area contributed by atoms with Gasteiger partial charge in [0.05, 0.1) is 11.4 Å². The monoisotopic (exact) mass is 579 g/mol. The molecule has 1 N–H and O–H groups in total. The normalized spacial score (nSPS) is 13.7. The van der Waals surface area contributed by atoms with Crippen molar-refractivity contribution in [3.8, 4) is 11.5 Å². The van der Waals surface area contributed by atoms with Gasteiger partial charge in [-0.25, -0.2) is 8.42 Å². The van der Waals surface area contributed by atoms with Crippen LogP contribution >= 0.6 is 0 Å². The lowest BCUT2D eigenvalue weighted by Crippen LogP contribution is -2.54.